The van der Waals surface area contributed by atoms with E-state index in [0.29, 0.717) is 5.56 Å². The van der Waals surface area contributed by atoms with Gasteiger partial charge in [-0.3, -0.25) is 0 Å². The van der Waals surface area contributed by atoms with Gasteiger partial charge in [0.25, 0.3) is 0 Å². The molecule has 0 atom stereocenters. The number of hydrogen-bond donors (Lipinski definition) is 2. The molecular weight excluding hydrogens is 220 g/mol. The number of para-hydroxylation sites is 1. The second-order valence-corrected chi connectivity index (χ2v) is 3.41. The summed E-state index contributed by atoms with van der Waals surface area (Å²) >= 11 is 0. The van der Waals surface area contributed by atoms with Gasteiger partial charge in [-0.05, 0) is 23.8 Å². The van der Waals surface area contributed by atoms with Crippen LogP contribution in [0.25, 0.3) is 11.1 Å². The van der Waals surface area contributed by atoms with Crippen LogP contribution in [-0.2, 0) is 0 Å². The SMILES string of the molecule is O=C(O)Oc1ccccc1-c1ccc(O)cc1. The number of phenolic OH excluding ortho intramolecular Hbond substituents is 1. The van der Waals surface area contributed by atoms with Crippen LogP contribution in [0.5, 0.6) is 11.5 Å². The average molecular weight is 230 g/mol. The maximum absolute atomic E-state index is 10.5. The molecule has 2 N–H and O–H groups in total. The Kier molecular flexibility index (Phi) is 2.96. The van der Waals surface area contributed by atoms with Gasteiger partial charge in [0.05, 0.1) is 0 Å². The van der Waals surface area contributed by atoms with Crippen molar-refractivity contribution in [2.75, 3.05) is 0 Å². The summed E-state index contributed by atoms with van der Waals surface area (Å²) in [6.45, 7) is 0. The van der Waals surface area contributed by atoms with E-state index in [1.165, 1.54) is 12.1 Å². The van der Waals surface area contributed by atoms with E-state index < -0.39 is 6.16 Å². The van der Waals surface area contributed by atoms with Crippen LogP contribution >= 0.6 is 0 Å². The first-order valence-corrected chi connectivity index (χ1v) is 4.96. The van der Waals surface area contributed by atoms with E-state index in [0.717, 1.165) is 5.56 Å². The molecule has 0 bridgehead atoms. The Morgan fingerprint density at radius 1 is 1.00 bits per heavy atom. The van der Waals surface area contributed by atoms with E-state index in [1.54, 1.807) is 36.4 Å². The molecule has 17 heavy (non-hydrogen) atoms. The number of carboxylic acid groups (broad SMARTS) is 1. The Hall–Kier alpha value is -2.49. The predicted octanol–water partition coefficient (Wildman–Crippen LogP) is 3.12. The maximum Gasteiger partial charge on any atom is 0.511 e. The van der Waals surface area contributed by atoms with Gasteiger partial charge in [-0.1, -0.05) is 30.3 Å². The molecule has 0 heterocycles. The van der Waals surface area contributed by atoms with Crippen LogP contribution in [0.15, 0.2) is 48.5 Å². The van der Waals surface area contributed by atoms with Crippen molar-refractivity contribution in [2.24, 2.45) is 0 Å². The van der Waals surface area contributed by atoms with Gasteiger partial charge >= 0.3 is 6.16 Å². The van der Waals surface area contributed by atoms with Crippen molar-refractivity contribution in [2.45, 2.75) is 0 Å². The van der Waals surface area contributed by atoms with Crippen LogP contribution in [0, 0.1) is 0 Å². The third-order valence-electron chi connectivity index (χ3n) is 2.26. The van der Waals surface area contributed by atoms with Crippen LogP contribution in [0.2, 0.25) is 0 Å². The molecule has 0 aromatic heterocycles. The molecule has 86 valence electrons. The van der Waals surface area contributed by atoms with E-state index >= 15 is 0 Å². The van der Waals surface area contributed by atoms with Gasteiger partial charge in [-0.25, -0.2) is 4.79 Å². The van der Waals surface area contributed by atoms with E-state index in [9.17, 15) is 9.90 Å². The van der Waals surface area contributed by atoms with E-state index in [1.807, 2.05) is 0 Å². The van der Waals surface area contributed by atoms with E-state index in [2.05, 4.69) is 4.74 Å². The molecule has 0 aliphatic heterocycles. The minimum atomic E-state index is -1.35. The van der Waals surface area contributed by atoms with Gasteiger partial charge < -0.3 is 14.9 Å². The molecule has 0 unspecified atom stereocenters. The fraction of sp³-hybridized carbons (Fsp3) is 0. The summed E-state index contributed by atoms with van der Waals surface area (Å²) < 4.78 is 4.68. The number of carbonyl (C=O) groups is 1. The summed E-state index contributed by atoms with van der Waals surface area (Å²) in [5.41, 5.74) is 1.44. The molecule has 0 saturated carbocycles. The van der Waals surface area contributed by atoms with Crippen molar-refractivity contribution in [1.82, 2.24) is 0 Å². The molecule has 0 fully saturated rings. The first-order chi connectivity index (χ1) is 8.16. The Labute approximate surface area is 97.7 Å². The lowest BCUT2D eigenvalue weighted by Crippen LogP contribution is -2.03. The number of benzene rings is 2. The molecule has 0 aliphatic carbocycles. The minimum absolute atomic E-state index is 0.158. The van der Waals surface area contributed by atoms with Crippen LogP contribution in [0.3, 0.4) is 0 Å². The molecule has 4 nitrogen and oxygen atoms in total. The van der Waals surface area contributed by atoms with Crippen molar-refractivity contribution in [3.8, 4) is 22.6 Å². The molecule has 0 radical (unpaired) electrons. The highest BCUT2D eigenvalue weighted by atomic mass is 16.7. The summed E-state index contributed by atoms with van der Waals surface area (Å²) in [5, 5.41) is 17.8. The standard InChI is InChI=1S/C13H10O4/c14-10-7-5-9(6-8-10)11-3-1-2-4-12(11)17-13(15)16/h1-8,14H,(H,15,16). The Morgan fingerprint density at radius 3 is 2.29 bits per heavy atom. The zero-order valence-electron chi connectivity index (χ0n) is 8.83. The van der Waals surface area contributed by atoms with Crippen molar-refractivity contribution >= 4 is 6.16 Å². The van der Waals surface area contributed by atoms with Gasteiger partial charge in [-0.15, -0.1) is 0 Å². The number of aromatic hydroxyl groups is 1. The number of ether oxygens (including phenoxy) is 1. The normalized spacial score (nSPS) is 9.88. The molecule has 2 aromatic carbocycles. The summed E-state index contributed by atoms with van der Waals surface area (Å²) in [6, 6.07) is 13.3. The number of phenols is 1. The molecule has 2 rings (SSSR count). The molecule has 2 aromatic rings. The zero-order valence-corrected chi connectivity index (χ0v) is 8.83. The van der Waals surface area contributed by atoms with Crippen LogP contribution in [0.1, 0.15) is 0 Å². The third-order valence-corrected chi connectivity index (χ3v) is 2.26. The topological polar surface area (TPSA) is 66.8 Å². The predicted molar refractivity (Wildman–Crippen MR) is 62.2 cm³/mol. The molecule has 4 heteroatoms. The lowest BCUT2D eigenvalue weighted by Gasteiger charge is -2.07. The Bertz CT molecular complexity index is 531. The first kappa shape index (κ1) is 11.0. The smallest absolute Gasteiger partial charge is 0.508 e. The van der Waals surface area contributed by atoms with Crippen molar-refractivity contribution in [3.63, 3.8) is 0 Å². The second-order valence-electron chi connectivity index (χ2n) is 3.41. The molecule has 0 aliphatic rings. The largest absolute Gasteiger partial charge is 0.511 e. The maximum atomic E-state index is 10.5. The summed E-state index contributed by atoms with van der Waals surface area (Å²) in [7, 11) is 0. The highest BCUT2D eigenvalue weighted by molar-refractivity contribution is 5.74. The average Bonchev–Trinajstić information content (AvgIpc) is 2.30. The third kappa shape index (κ3) is 2.55. The minimum Gasteiger partial charge on any atom is -0.508 e. The second kappa shape index (κ2) is 4.57. The lowest BCUT2D eigenvalue weighted by molar-refractivity contribution is 0.144. The Morgan fingerprint density at radius 2 is 1.65 bits per heavy atom. The van der Waals surface area contributed by atoms with E-state index in [4.69, 9.17) is 5.11 Å². The quantitative estimate of drug-likeness (QED) is 0.614. The Balaban J connectivity index is 2.44. The number of rotatable bonds is 2. The van der Waals surface area contributed by atoms with Crippen LogP contribution < -0.4 is 4.74 Å². The van der Waals surface area contributed by atoms with Gasteiger partial charge in [0.15, 0.2) is 0 Å². The van der Waals surface area contributed by atoms with Crippen molar-refractivity contribution in [1.29, 1.82) is 0 Å². The zero-order chi connectivity index (χ0) is 12.3. The van der Waals surface area contributed by atoms with Gasteiger partial charge in [-0.2, -0.15) is 0 Å². The first-order valence-electron chi connectivity index (χ1n) is 4.96. The fourth-order valence-electron chi connectivity index (χ4n) is 1.53. The number of hydrogen-bond acceptors (Lipinski definition) is 3. The van der Waals surface area contributed by atoms with Crippen LogP contribution in [-0.4, -0.2) is 16.4 Å². The monoisotopic (exact) mass is 230 g/mol. The molecule has 0 amide bonds. The van der Waals surface area contributed by atoms with Gasteiger partial charge in [0, 0.05) is 5.56 Å². The summed E-state index contributed by atoms with van der Waals surface area (Å²) in [6.07, 6.45) is -1.35. The van der Waals surface area contributed by atoms with Crippen LogP contribution in [0.4, 0.5) is 4.79 Å². The van der Waals surface area contributed by atoms with E-state index in [-0.39, 0.29) is 11.5 Å². The molecular formula is C13H10O4. The van der Waals surface area contributed by atoms with Gasteiger partial charge in [0.2, 0.25) is 0 Å². The molecule has 0 spiro atoms. The van der Waals surface area contributed by atoms with Crippen molar-refractivity contribution < 1.29 is 19.7 Å². The summed E-state index contributed by atoms with van der Waals surface area (Å²) in [4.78, 5) is 10.5. The van der Waals surface area contributed by atoms with Crippen molar-refractivity contribution in [3.05, 3.63) is 48.5 Å². The fourth-order valence-corrected chi connectivity index (χ4v) is 1.53. The summed E-state index contributed by atoms with van der Waals surface area (Å²) in [5.74, 6) is 0.427. The highest BCUT2D eigenvalue weighted by Gasteiger charge is 2.08. The highest BCUT2D eigenvalue weighted by Crippen LogP contribution is 2.30. The van der Waals surface area contributed by atoms with Gasteiger partial charge in [0.1, 0.15) is 11.5 Å². The molecule has 0 saturated heterocycles. The lowest BCUT2D eigenvalue weighted by atomic mass is 10.0.